The lowest BCUT2D eigenvalue weighted by molar-refractivity contribution is 0.454. The van der Waals surface area contributed by atoms with E-state index < -0.39 is 0 Å². The van der Waals surface area contributed by atoms with Crippen molar-refractivity contribution in [3.63, 3.8) is 0 Å². The minimum absolute atomic E-state index is 0.0167. The Morgan fingerprint density at radius 3 is 3.00 bits per heavy atom. The number of benzene rings is 1. The molecule has 1 heterocycles. The summed E-state index contributed by atoms with van der Waals surface area (Å²) in [4.78, 5) is 3.99. The number of nitrogens with two attached hydrogens (primary N) is 1. The Morgan fingerprint density at radius 2 is 2.25 bits per heavy atom. The summed E-state index contributed by atoms with van der Waals surface area (Å²) >= 11 is 0. The SMILES string of the molecule is NC1(CCc2ccc3ncoc3c2O)CC1. The van der Waals surface area contributed by atoms with Crippen molar-refractivity contribution in [2.75, 3.05) is 0 Å². The summed E-state index contributed by atoms with van der Waals surface area (Å²) in [6, 6.07) is 3.76. The summed E-state index contributed by atoms with van der Waals surface area (Å²) in [7, 11) is 0. The maximum absolute atomic E-state index is 9.98. The summed E-state index contributed by atoms with van der Waals surface area (Å²) in [5.41, 5.74) is 8.09. The highest BCUT2D eigenvalue weighted by Gasteiger charge is 2.37. The zero-order chi connectivity index (χ0) is 11.2. The van der Waals surface area contributed by atoms with E-state index in [0.717, 1.165) is 31.2 Å². The molecular formula is C12H14N2O2. The molecule has 0 atom stereocenters. The van der Waals surface area contributed by atoms with Gasteiger partial charge in [-0.25, -0.2) is 4.98 Å². The average Bonchev–Trinajstić information content (AvgIpc) is 2.81. The molecule has 0 saturated heterocycles. The summed E-state index contributed by atoms with van der Waals surface area (Å²) in [5, 5.41) is 9.98. The number of aromatic nitrogens is 1. The number of rotatable bonds is 3. The number of aryl methyl sites for hydroxylation is 1. The van der Waals surface area contributed by atoms with Crippen LogP contribution in [0.15, 0.2) is 22.9 Å². The molecule has 3 rings (SSSR count). The van der Waals surface area contributed by atoms with Crippen molar-refractivity contribution in [1.29, 1.82) is 0 Å². The van der Waals surface area contributed by atoms with Crippen LogP contribution < -0.4 is 5.73 Å². The van der Waals surface area contributed by atoms with Gasteiger partial charge in [-0.05, 0) is 37.3 Å². The van der Waals surface area contributed by atoms with Crippen molar-refractivity contribution < 1.29 is 9.52 Å². The molecule has 2 aromatic rings. The molecule has 3 N–H and O–H groups in total. The van der Waals surface area contributed by atoms with Crippen molar-refractivity contribution in [2.24, 2.45) is 5.73 Å². The minimum Gasteiger partial charge on any atom is -0.504 e. The van der Waals surface area contributed by atoms with Gasteiger partial charge in [0.05, 0.1) is 0 Å². The second-order valence-corrected chi connectivity index (χ2v) is 4.64. The standard InChI is InChI=1S/C12H14N2O2/c13-12(5-6-12)4-3-8-1-2-9-11(10(8)15)16-7-14-9/h1-2,7,15H,3-6,13H2. The number of fused-ring (bicyclic) bond motifs is 1. The van der Waals surface area contributed by atoms with E-state index in [1.807, 2.05) is 12.1 Å². The van der Waals surface area contributed by atoms with Crippen molar-refractivity contribution in [3.05, 3.63) is 24.1 Å². The third-order valence-electron chi connectivity index (χ3n) is 3.34. The number of hydrogen-bond donors (Lipinski definition) is 2. The van der Waals surface area contributed by atoms with Crippen molar-refractivity contribution in [1.82, 2.24) is 4.98 Å². The Hall–Kier alpha value is -1.55. The van der Waals surface area contributed by atoms with E-state index in [4.69, 9.17) is 10.2 Å². The van der Waals surface area contributed by atoms with Gasteiger partial charge in [-0.3, -0.25) is 0 Å². The van der Waals surface area contributed by atoms with Gasteiger partial charge in [0.1, 0.15) is 5.52 Å². The van der Waals surface area contributed by atoms with Gasteiger partial charge >= 0.3 is 0 Å². The number of phenols is 1. The highest BCUT2D eigenvalue weighted by Crippen LogP contribution is 2.38. The fourth-order valence-electron chi connectivity index (χ4n) is 1.95. The molecule has 0 radical (unpaired) electrons. The fraction of sp³-hybridized carbons (Fsp3) is 0.417. The van der Waals surface area contributed by atoms with Crippen LogP contribution in [-0.4, -0.2) is 15.6 Å². The molecule has 1 aliphatic rings. The molecule has 1 saturated carbocycles. The predicted molar refractivity (Wildman–Crippen MR) is 60.1 cm³/mol. The van der Waals surface area contributed by atoms with E-state index in [1.165, 1.54) is 6.39 Å². The molecular weight excluding hydrogens is 204 g/mol. The van der Waals surface area contributed by atoms with Crippen LogP contribution in [0.5, 0.6) is 5.75 Å². The maximum atomic E-state index is 9.98. The lowest BCUT2D eigenvalue weighted by Gasteiger charge is -2.09. The average molecular weight is 218 g/mol. The molecule has 0 spiro atoms. The number of aromatic hydroxyl groups is 1. The quantitative estimate of drug-likeness (QED) is 0.826. The zero-order valence-corrected chi connectivity index (χ0v) is 8.94. The van der Waals surface area contributed by atoms with E-state index >= 15 is 0 Å². The van der Waals surface area contributed by atoms with E-state index in [1.54, 1.807) is 0 Å². The molecule has 0 unspecified atom stereocenters. The van der Waals surface area contributed by atoms with Gasteiger partial charge in [-0.15, -0.1) is 0 Å². The molecule has 16 heavy (non-hydrogen) atoms. The van der Waals surface area contributed by atoms with E-state index in [0.29, 0.717) is 11.1 Å². The van der Waals surface area contributed by atoms with Crippen LogP contribution in [0, 0.1) is 0 Å². The molecule has 1 aromatic heterocycles. The highest BCUT2D eigenvalue weighted by atomic mass is 16.4. The van der Waals surface area contributed by atoms with Gasteiger partial charge in [-0.2, -0.15) is 0 Å². The number of phenolic OH excluding ortho intramolecular Hbond substituents is 1. The van der Waals surface area contributed by atoms with Crippen LogP contribution in [0.4, 0.5) is 0 Å². The molecule has 0 aliphatic heterocycles. The second-order valence-electron chi connectivity index (χ2n) is 4.64. The summed E-state index contributed by atoms with van der Waals surface area (Å²) in [6.45, 7) is 0. The third-order valence-corrected chi connectivity index (χ3v) is 3.34. The van der Waals surface area contributed by atoms with Crippen LogP contribution >= 0.6 is 0 Å². The molecule has 1 fully saturated rings. The second kappa shape index (κ2) is 3.22. The van der Waals surface area contributed by atoms with Crippen LogP contribution in [-0.2, 0) is 6.42 Å². The van der Waals surface area contributed by atoms with Crippen molar-refractivity contribution in [2.45, 2.75) is 31.2 Å². The van der Waals surface area contributed by atoms with Gasteiger partial charge in [-0.1, -0.05) is 6.07 Å². The maximum Gasteiger partial charge on any atom is 0.196 e. The molecule has 4 nitrogen and oxygen atoms in total. The molecule has 1 aliphatic carbocycles. The number of oxazole rings is 1. The first-order valence-corrected chi connectivity index (χ1v) is 5.51. The Kier molecular flexibility index (Phi) is 1.94. The molecule has 4 heteroatoms. The lowest BCUT2D eigenvalue weighted by atomic mass is 10.0. The first-order chi connectivity index (χ1) is 7.68. The minimum atomic E-state index is 0.0167. The van der Waals surface area contributed by atoms with Crippen LogP contribution in [0.25, 0.3) is 11.1 Å². The van der Waals surface area contributed by atoms with Crippen molar-refractivity contribution in [3.8, 4) is 5.75 Å². The smallest absolute Gasteiger partial charge is 0.196 e. The largest absolute Gasteiger partial charge is 0.504 e. The molecule has 0 amide bonds. The van der Waals surface area contributed by atoms with Crippen LogP contribution in [0.1, 0.15) is 24.8 Å². The van der Waals surface area contributed by atoms with Gasteiger partial charge in [0, 0.05) is 5.54 Å². The van der Waals surface area contributed by atoms with Crippen molar-refractivity contribution >= 4 is 11.1 Å². The molecule has 1 aromatic carbocycles. The van der Waals surface area contributed by atoms with Gasteiger partial charge in [0.25, 0.3) is 0 Å². The van der Waals surface area contributed by atoms with E-state index in [2.05, 4.69) is 4.98 Å². The number of hydrogen-bond acceptors (Lipinski definition) is 4. The first-order valence-electron chi connectivity index (χ1n) is 5.51. The Labute approximate surface area is 93.1 Å². The van der Waals surface area contributed by atoms with E-state index in [9.17, 15) is 5.11 Å². The summed E-state index contributed by atoms with van der Waals surface area (Å²) < 4.78 is 5.14. The Bertz CT molecular complexity index is 529. The molecule has 84 valence electrons. The van der Waals surface area contributed by atoms with Crippen LogP contribution in [0.2, 0.25) is 0 Å². The lowest BCUT2D eigenvalue weighted by Crippen LogP contribution is -2.22. The van der Waals surface area contributed by atoms with Gasteiger partial charge in [0.2, 0.25) is 0 Å². The summed E-state index contributed by atoms with van der Waals surface area (Å²) in [6.07, 6.45) is 5.25. The Balaban J connectivity index is 1.88. The summed E-state index contributed by atoms with van der Waals surface area (Å²) in [5.74, 6) is 0.208. The normalized spacial score (nSPS) is 17.8. The molecule has 0 bridgehead atoms. The number of nitrogens with zero attached hydrogens (tertiary/aromatic N) is 1. The van der Waals surface area contributed by atoms with E-state index in [-0.39, 0.29) is 11.3 Å². The topological polar surface area (TPSA) is 72.3 Å². The monoisotopic (exact) mass is 218 g/mol. The first kappa shape index (κ1) is 9.66. The van der Waals surface area contributed by atoms with Gasteiger partial charge in [0.15, 0.2) is 17.7 Å². The fourth-order valence-corrected chi connectivity index (χ4v) is 1.95. The van der Waals surface area contributed by atoms with Gasteiger partial charge < -0.3 is 15.3 Å². The predicted octanol–water partition coefficient (Wildman–Crippen LogP) is 1.96. The zero-order valence-electron chi connectivity index (χ0n) is 8.94. The third kappa shape index (κ3) is 1.55. The van der Waals surface area contributed by atoms with Crippen LogP contribution in [0.3, 0.4) is 0 Å². The highest BCUT2D eigenvalue weighted by molar-refractivity contribution is 5.80. The Morgan fingerprint density at radius 1 is 1.44 bits per heavy atom.